The highest BCUT2D eigenvalue weighted by atomic mass is 32.1. The number of rotatable bonds is 6. The second-order valence-corrected chi connectivity index (χ2v) is 32.6. The topological polar surface area (TPSA) is 26.3 Å². The molecule has 494 valence electrons. The summed E-state index contributed by atoms with van der Waals surface area (Å²) in [5.74, 6) is 0. The van der Waals surface area contributed by atoms with Gasteiger partial charge in [0.05, 0.1) is 0 Å². The maximum absolute atomic E-state index is 6.56. The van der Waals surface area contributed by atoms with Crippen molar-refractivity contribution in [3.05, 3.63) is 337 Å². The molecule has 24 rings (SSSR count). The molecule has 1 unspecified atom stereocenters. The summed E-state index contributed by atoms with van der Waals surface area (Å²) in [5.41, 5.74) is 24.9. The van der Waals surface area contributed by atoms with Crippen LogP contribution >= 0.6 is 22.7 Å². The molecule has 0 spiro atoms. The van der Waals surface area contributed by atoms with Crippen molar-refractivity contribution in [3.63, 3.8) is 0 Å². The fourth-order valence-electron chi connectivity index (χ4n) is 20.1. The third-order valence-corrected chi connectivity index (χ3v) is 27.1. The monoisotopic (exact) mass is 1380 g/mol. The zero-order valence-corrected chi connectivity index (χ0v) is 59.9. The van der Waals surface area contributed by atoms with Crippen molar-refractivity contribution in [2.45, 2.75) is 38.0 Å². The predicted molar refractivity (Wildman–Crippen MR) is 453 cm³/mol. The summed E-state index contributed by atoms with van der Waals surface area (Å²) in [4.78, 5) is 0. The van der Waals surface area contributed by atoms with Gasteiger partial charge in [0.1, 0.15) is 22.3 Å². The number of fused-ring (bicyclic) bond motifs is 29. The lowest BCUT2D eigenvalue weighted by atomic mass is 9.74. The van der Waals surface area contributed by atoms with Gasteiger partial charge in [0.2, 0.25) is 0 Å². The fraction of sp³-hybridized carbons (Fsp3) is 0.0588. The molecular formula is C102H62O2S2. The van der Waals surface area contributed by atoms with Crippen molar-refractivity contribution >= 4 is 172 Å². The van der Waals surface area contributed by atoms with E-state index in [4.69, 9.17) is 8.83 Å². The van der Waals surface area contributed by atoms with Gasteiger partial charge in [-0.25, -0.2) is 0 Å². The first kappa shape index (κ1) is 59.0. The van der Waals surface area contributed by atoms with Crippen LogP contribution in [-0.4, -0.2) is 0 Å². The molecule has 0 N–H and O–H groups in total. The number of para-hydroxylation sites is 2. The van der Waals surface area contributed by atoms with Crippen LogP contribution in [0, 0.1) is 0 Å². The minimum Gasteiger partial charge on any atom is -0.456 e. The molecular weight excluding hydrogens is 1320 g/mol. The van der Waals surface area contributed by atoms with Gasteiger partial charge in [-0.05, 0) is 222 Å². The van der Waals surface area contributed by atoms with Gasteiger partial charge in [-0.3, -0.25) is 0 Å². The molecule has 0 bridgehead atoms. The summed E-state index contributed by atoms with van der Waals surface area (Å²) in [6.07, 6.45) is 0.798. The van der Waals surface area contributed by atoms with E-state index in [0.29, 0.717) is 0 Å². The SMILES string of the molecule is CC1(C)c2ccc(-c3c4ccccc4c(-c4ccc5c(c4)oc4ccccc45)c4ccccc34)cc2-c2c1c1c3ccccc3sc1c1cc(CC3(C)c4cc(-c5c6ccccc6c(-c6ccc7oc8ccccc8c7c6)c6ccccc56)ccc4-c4c3ccc3c4ccc4c5ccccc5sc34)ccc21. The van der Waals surface area contributed by atoms with Crippen LogP contribution in [0.2, 0.25) is 0 Å². The van der Waals surface area contributed by atoms with Gasteiger partial charge in [-0.1, -0.05) is 263 Å². The Hall–Kier alpha value is -12.4. The van der Waals surface area contributed by atoms with Crippen molar-refractivity contribution in [3.8, 4) is 66.8 Å². The molecule has 4 heterocycles. The van der Waals surface area contributed by atoms with Crippen LogP contribution in [0.5, 0.6) is 0 Å². The van der Waals surface area contributed by atoms with Gasteiger partial charge in [0.25, 0.3) is 0 Å². The average Bonchev–Trinajstić information content (AvgIpc) is 1.55. The Bertz CT molecular complexity index is 7620. The Labute approximate surface area is 617 Å². The molecule has 0 saturated carbocycles. The second kappa shape index (κ2) is 21.4. The first-order chi connectivity index (χ1) is 52.2. The van der Waals surface area contributed by atoms with Crippen molar-refractivity contribution in [1.82, 2.24) is 0 Å². The zero-order valence-electron chi connectivity index (χ0n) is 58.3. The van der Waals surface area contributed by atoms with Gasteiger partial charge in [0, 0.05) is 83.5 Å². The van der Waals surface area contributed by atoms with Crippen LogP contribution in [0.15, 0.2) is 318 Å². The quantitative estimate of drug-likeness (QED) is 0.155. The molecule has 4 aromatic heterocycles. The molecule has 0 aliphatic heterocycles. The smallest absolute Gasteiger partial charge is 0.136 e. The van der Waals surface area contributed by atoms with E-state index in [0.717, 1.165) is 55.9 Å². The highest BCUT2D eigenvalue weighted by molar-refractivity contribution is 7.27. The minimum absolute atomic E-state index is 0.297. The Morgan fingerprint density at radius 3 is 1.32 bits per heavy atom. The maximum Gasteiger partial charge on any atom is 0.136 e. The normalized spacial score (nSPS) is 14.7. The van der Waals surface area contributed by atoms with Gasteiger partial charge >= 0.3 is 0 Å². The largest absolute Gasteiger partial charge is 0.456 e. The predicted octanol–water partition coefficient (Wildman–Crippen LogP) is 29.6. The number of thiophene rings is 2. The van der Waals surface area contributed by atoms with Crippen LogP contribution in [-0.2, 0) is 17.3 Å². The standard InChI is InChI=1S/C102H62O2S2/c1-101(2)82-47-39-57(91-67-25-6-10-29-71(67)94(72-30-11-7-26-68(72)91)60-37-42-63-61-20-12-16-32-85(61)104-88(63)54-60)52-81(82)96-74-41-36-56(50-80(74)100-97(98(96)101)78-31-15-19-35-90(78)106-100)55-102(3)83-48-46-76-73(44-45-75-64-22-14-18-34-89(64)105-99(75)76)95(83)77-43-38-59(53-84(77)102)93-69-27-8-4-23-65(69)92(66-24-5-9-28-70(66)93)58-40-49-87-79(51-58)62-21-13-17-33-86(62)103-87/h4-54H,55H2,1-3H3. The van der Waals surface area contributed by atoms with Crippen LogP contribution in [0.3, 0.4) is 0 Å². The minimum atomic E-state index is -0.438. The molecule has 106 heavy (non-hydrogen) atoms. The zero-order chi connectivity index (χ0) is 69.6. The summed E-state index contributed by atoms with van der Waals surface area (Å²) in [7, 11) is 0. The molecule has 2 aliphatic rings. The molecule has 18 aromatic carbocycles. The lowest BCUT2D eigenvalue weighted by Gasteiger charge is -2.29. The Kier molecular flexibility index (Phi) is 11.9. The first-order valence-electron chi connectivity index (χ1n) is 37.0. The summed E-state index contributed by atoms with van der Waals surface area (Å²) >= 11 is 3.89. The highest BCUT2D eigenvalue weighted by Crippen LogP contribution is 2.61. The Balaban J connectivity index is 0.704. The molecule has 22 aromatic rings. The number of furan rings is 2. The summed E-state index contributed by atoms with van der Waals surface area (Å²) in [6.45, 7) is 7.51. The molecule has 0 amide bonds. The Morgan fingerprint density at radius 1 is 0.255 bits per heavy atom. The van der Waals surface area contributed by atoms with Crippen molar-refractivity contribution in [1.29, 1.82) is 0 Å². The first-order valence-corrected chi connectivity index (χ1v) is 38.6. The lowest BCUT2D eigenvalue weighted by Crippen LogP contribution is -2.24. The maximum atomic E-state index is 6.56. The van der Waals surface area contributed by atoms with Crippen LogP contribution in [0.1, 0.15) is 48.6 Å². The fourth-order valence-corrected chi connectivity index (χ4v) is 22.5. The third kappa shape index (κ3) is 7.94. The van der Waals surface area contributed by atoms with Crippen molar-refractivity contribution in [2.75, 3.05) is 0 Å². The second-order valence-electron chi connectivity index (χ2n) is 30.5. The number of hydrogen-bond donors (Lipinski definition) is 0. The van der Waals surface area contributed by atoms with Crippen LogP contribution < -0.4 is 0 Å². The van der Waals surface area contributed by atoms with Crippen molar-refractivity contribution in [2.24, 2.45) is 0 Å². The lowest BCUT2D eigenvalue weighted by molar-refractivity contribution is 0.584. The van der Waals surface area contributed by atoms with Crippen LogP contribution in [0.4, 0.5) is 0 Å². The molecule has 0 saturated heterocycles. The molecule has 0 fully saturated rings. The number of hydrogen-bond acceptors (Lipinski definition) is 4. The summed E-state index contributed by atoms with van der Waals surface area (Å²) < 4.78 is 18.3. The average molecular weight is 1380 g/mol. The van der Waals surface area contributed by atoms with Gasteiger partial charge in [-0.15, -0.1) is 22.7 Å². The van der Waals surface area contributed by atoms with E-state index in [1.54, 1.807) is 0 Å². The number of benzene rings is 18. The highest BCUT2D eigenvalue weighted by Gasteiger charge is 2.43. The van der Waals surface area contributed by atoms with E-state index in [1.165, 1.54) is 194 Å². The van der Waals surface area contributed by atoms with E-state index in [9.17, 15) is 0 Å². The van der Waals surface area contributed by atoms with E-state index in [-0.39, 0.29) is 5.41 Å². The van der Waals surface area contributed by atoms with E-state index in [2.05, 4.69) is 330 Å². The third-order valence-electron chi connectivity index (χ3n) is 24.6. The van der Waals surface area contributed by atoms with E-state index >= 15 is 0 Å². The van der Waals surface area contributed by atoms with Gasteiger partial charge in [-0.2, -0.15) is 0 Å². The molecule has 2 aliphatic carbocycles. The van der Waals surface area contributed by atoms with Crippen LogP contribution in [0.25, 0.3) is 216 Å². The molecule has 1 atom stereocenters. The molecule has 2 nitrogen and oxygen atoms in total. The van der Waals surface area contributed by atoms with E-state index in [1.807, 2.05) is 22.7 Å². The van der Waals surface area contributed by atoms with Gasteiger partial charge < -0.3 is 8.83 Å². The summed E-state index contributed by atoms with van der Waals surface area (Å²) in [6, 6.07) is 117. The van der Waals surface area contributed by atoms with Gasteiger partial charge in [0.15, 0.2) is 0 Å². The Morgan fingerprint density at radius 2 is 0.670 bits per heavy atom. The van der Waals surface area contributed by atoms with Crippen molar-refractivity contribution < 1.29 is 8.83 Å². The molecule has 4 heteroatoms. The molecule has 0 radical (unpaired) electrons. The van der Waals surface area contributed by atoms with E-state index < -0.39 is 5.41 Å². The summed E-state index contributed by atoms with van der Waals surface area (Å²) in [5, 5.41) is 25.0.